The van der Waals surface area contributed by atoms with E-state index in [4.69, 9.17) is 4.74 Å². The molecule has 0 saturated heterocycles. The molecule has 21 heavy (non-hydrogen) atoms. The van der Waals surface area contributed by atoms with Gasteiger partial charge in [0.15, 0.2) is 0 Å². The molecule has 5 nitrogen and oxygen atoms in total. The Balaban J connectivity index is 1.81. The predicted octanol–water partition coefficient (Wildman–Crippen LogP) is 3.04. The molecule has 2 aromatic carbocycles. The van der Waals surface area contributed by atoms with E-state index in [9.17, 15) is 4.79 Å². The van der Waals surface area contributed by atoms with E-state index in [0.717, 1.165) is 22.5 Å². The van der Waals surface area contributed by atoms with Crippen molar-refractivity contribution in [1.82, 2.24) is 9.97 Å². The number of methoxy groups -OCH3 is 1. The zero-order valence-corrected chi connectivity index (χ0v) is 11.9. The maximum atomic E-state index is 11.3. The van der Waals surface area contributed by atoms with Crippen LogP contribution >= 0.6 is 0 Å². The van der Waals surface area contributed by atoms with Crippen LogP contribution in [0.2, 0.25) is 0 Å². The monoisotopic (exact) mass is 283 g/mol. The highest BCUT2D eigenvalue weighted by molar-refractivity contribution is 5.78. The van der Waals surface area contributed by atoms with Crippen molar-refractivity contribution < 1.29 is 4.74 Å². The molecule has 5 heteroatoms. The molecule has 0 aliphatic rings. The van der Waals surface area contributed by atoms with Gasteiger partial charge < -0.3 is 20.0 Å². The molecule has 108 valence electrons. The number of hydrogen-bond acceptors (Lipinski definition) is 3. The van der Waals surface area contributed by atoms with Crippen LogP contribution in [0, 0.1) is 0 Å². The van der Waals surface area contributed by atoms with E-state index in [-0.39, 0.29) is 11.7 Å². The number of rotatable bonds is 4. The van der Waals surface area contributed by atoms with Gasteiger partial charge >= 0.3 is 5.69 Å². The lowest BCUT2D eigenvalue weighted by molar-refractivity contribution is 0.414. The van der Waals surface area contributed by atoms with Crippen LogP contribution in [-0.2, 0) is 0 Å². The molecule has 0 saturated carbocycles. The average molecular weight is 283 g/mol. The molecule has 1 aromatic heterocycles. The van der Waals surface area contributed by atoms with Crippen molar-refractivity contribution in [2.75, 3.05) is 12.4 Å². The minimum Gasteiger partial charge on any atom is -0.497 e. The average Bonchev–Trinajstić information content (AvgIpc) is 2.86. The minimum absolute atomic E-state index is 0.152. The molecule has 0 spiro atoms. The summed E-state index contributed by atoms with van der Waals surface area (Å²) >= 11 is 0. The van der Waals surface area contributed by atoms with Crippen molar-refractivity contribution in [2.24, 2.45) is 0 Å². The minimum atomic E-state index is -0.189. The van der Waals surface area contributed by atoms with Crippen molar-refractivity contribution >= 4 is 16.7 Å². The van der Waals surface area contributed by atoms with Crippen LogP contribution in [0.1, 0.15) is 18.5 Å². The summed E-state index contributed by atoms with van der Waals surface area (Å²) in [6.07, 6.45) is 0. The van der Waals surface area contributed by atoms with Crippen LogP contribution in [0.25, 0.3) is 11.0 Å². The second-order valence-corrected chi connectivity index (χ2v) is 4.98. The van der Waals surface area contributed by atoms with Gasteiger partial charge in [-0.05, 0) is 42.8 Å². The SMILES string of the molecule is COc1ccc(C(C)Nc2ccc3[nH]c(=O)[nH]c3c2)cc1. The Bertz CT molecular complexity index is 802. The van der Waals surface area contributed by atoms with Crippen molar-refractivity contribution in [2.45, 2.75) is 13.0 Å². The van der Waals surface area contributed by atoms with Crippen LogP contribution < -0.4 is 15.7 Å². The molecule has 0 bridgehead atoms. The summed E-state index contributed by atoms with van der Waals surface area (Å²) in [5.74, 6) is 0.845. The van der Waals surface area contributed by atoms with Gasteiger partial charge in [0.2, 0.25) is 0 Å². The number of nitrogens with one attached hydrogen (secondary N) is 3. The fourth-order valence-electron chi connectivity index (χ4n) is 2.35. The van der Waals surface area contributed by atoms with Gasteiger partial charge in [-0.2, -0.15) is 0 Å². The summed E-state index contributed by atoms with van der Waals surface area (Å²) in [6, 6.07) is 13.9. The molecule has 0 radical (unpaired) electrons. The first-order valence-electron chi connectivity index (χ1n) is 6.78. The molecule has 3 N–H and O–H groups in total. The van der Waals surface area contributed by atoms with Crippen molar-refractivity contribution in [1.29, 1.82) is 0 Å². The number of hydrogen-bond donors (Lipinski definition) is 3. The first kappa shape index (κ1) is 13.3. The highest BCUT2D eigenvalue weighted by Gasteiger charge is 2.07. The van der Waals surface area contributed by atoms with E-state index < -0.39 is 0 Å². The van der Waals surface area contributed by atoms with E-state index in [1.165, 1.54) is 5.56 Å². The Morgan fingerprint density at radius 1 is 1.05 bits per heavy atom. The van der Waals surface area contributed by atoms with Crippen molar-refractivity contribution in [3.63, 3.8) is 0 Å². The normalized spacial score (nSPS) is 12.3. The second-order valence-electron chi connectivity index (χ2n) is 4.98. The van der Waals surface area contributed by atoms with Crippen molar-refractivity contribution in [3.8, 4) is 5.75 Å². The first-order chi connectivity index (χ1) is 10.2. The number of imidazole rings is 1. The van der Waals surface area contributed by atoms with Crippen LogP contribution in [0.5, 0.6) is 5.75 Å². The Morgan fingerprint density at radius 2 is 1.76 bits per heavy atom. The molecular weight excluding hydrogens is 266 g/mol. The largest absolute Gasteiger partial charge is 0.497 e. The van der Waals surface area contributed by atoms with E-state index in [1.807, 2.05) is 42.5 Å². The zero-order chi connectivity index (χ0) is 14.8. The lowest BCUT2D eigenvalue weighted by Crippen LogP contribution is -2.06. The number of fused-ring (bicyclic) bond motifs is 1. The number of aromatic nitrogens is 2. The summed E-state index contributed by atoms with van der Waals surface area (Å²) in [4.78, 5) is 16.8. The van der Waals surface area contributed by atoms with Crippen LogP contribution in [0.15, 0.2) is 47.3 Å². The van der Waals surface area contributed by atoms with Gasteiger partial charge in [-0.15, -0.1) is 0 Å². The summed E-state index contributed by atoms with van der Waals surface area (Å²) in [6.45, 7) is 2.09. The van der Waals surface area contributed by atoms with Crippen molar-refractivity contribution in [3.05, 3.63) is 58.5 Å². The highest BCUT2D eigenvalue weighted by Crippen LogP contribution is 2.23. The Kier molecular flexibility index (Phi) is 3.39. The van der Waals surface area contributed by atoms with E-state index in [1.54, 1.807) is 7.11 Å². The smallest absolute Gasteiger partial charge is 0.323 e. The third kappa shape index (κ3) is 2.76. The first-order valence-corrected chi connectivity index (χ1v) is 6.78. The predicted molar refractivity (Wildman–Crippen MR) is 84.0 cm³/mol. The van der Waals surface area contributed by atoms with Gasteiger partial charge in [0.25, 0.3) is 0 Å². The zero-order valence-electron chi connectivity index (χ0n) is 11.9. The summed E-state index contributed by atoms with van der Waals surface area (Å²) in [5.41, 5.74) is 3.54. The lowest BCUT2D eigenvalue weighted by Gasteiger charge is -2.16. The number of aromatic amines is 2. The van der Waals surface area contributed by atoms with Gasteiger partial charge in [0, 0.05) is 11.7 Å². The molecule has 0 aliphatic heterocycles. The standard InChI is InChI=1S/C16H17N3O2/c1-10(11-3-6-13(21-2)7-4-11)17-12-5-8-14-15(9-12)19-16(20)18-14/h3-10,17H,1-2H3,(H2,18,19,20). The van der Waals surface area contributed by atoms with Gasteiger partial charge in [-0.3, -0.25) is 0 Å². The van der Waals surface area contributed by atoms with Gasteiger partial charge in [-0.1, -0.05) is 12.1 Å². The highest BCUT2D eigenvalue weighted by atomic mass is 16.5. The van der Waals surface area contributed by atoms with Crippen LogP contribution in [0.4, 0.5) is 5.69 Å². The maximum absolute atomic E-state index is 11.3. The summed E-state index contributed by atoms with van der Waals surface area (Å²) < 4.78 is 5.16. The molecule has 1 atom stereocenters. The third-order valence-corrected chi connectivity index (χ3v) is 3.51. The van der Waals surface area contributed by atoms with Crippen LogP contribution in [-0.4, -0.2) is 17.1 Å². The number of benzene rings is 2. The Morgan fingerprint density at radius 3 is 2.48 bits per heavy atom. The number of H-pyrrole nitrogens is 2. The molecule has 0 aliphatic carbocycles. The molecule has 1 heterocycles. The molecular formula is C16H17N3O2. The fraction of sp³-hybridized carbons (Fsp3) is 0.188. The molecule has 1 unspecified atom stereocenters. The molecule has 0 amide bonds. The van der Waals surface area contributed by atoms with Gasteiger partial charge in [0.05, 0.1) is 18.1 Å². The van der Waals surface area contributed by atoms with E-state index in [2.05, 4.69) is 22.2 Å². The topological polar surface area (TPSA) is 69.9 Å². The number of ether oxygens (including phenoxy) is 1. The Labute approximate surface area is 122 Å². The molecule has 3 aromatic rings. The molecule has 0 fully saturated rings. The maximum Gasteiger partial charge on any atom is 0.323 e. The van der Waals surface area contributed by atoms with E-state index >= 15 is 0 Å². The second kappa shape index (κ2) is 5.36. The quantitative estimate of drug-likeness (QED) is 0.689. The summed E-state index contributed by atoms with van der Waals surface area (Å²) in [7, 11) is 1.66. The lowest BCUT2D eigenvalue weighted by atomic mass is 10.1. The Hall–Kier alpha value is -2.69. The third-order valence-electron chi connectivity index (χ3n) is 3.51. The van der Waals surface area contributed by atoms with Crippen LogP contribution in [0.3, 0.4) is 0 Å². The van der Waals surface area contributed by atoms with Gasteiger partial charge in [-0.25, -0.2) is 4.79 Å². The number of anilines is 1. The summed E-state index contributed by atoms with van der Waals surface area (Å²) in [5, 5.41) is 3.42. The van der Waals surface area contributed by atoms with Gasteiger partial charge in [0.1, 0.15) is 5.75 Å². The fourth-order valence-corrected chi connectivity index (χ4v) is 2.35. The molecule has 3 rings (SSSR count). The van der Waals surface area contributed by atoms with E-state index in [0.29, 0.717) is 0 Å².